The van der Waals surface area contributed by atoms with Crippen molar-refractivity contribution >= 4 is 22.2 Å². The van der Waals surface area contributed by atoms with Crippen molar-refractivity contribution in [2.75, 3.05) is 0 Å². The minimum atomic E-state index is -0.188. The lowest BCUT2D eigenvalue weighted by Crippen LogP contribution is -2.43. The Kier molecular flexibility index (Phi) is 4.68. The molecule has 2 N–H and O–H groups in total. The summed E-state index contributed by atoms with van der Waals surface area (Å²) < 4.78 is 3.90. The normalized spacial score (nSPS) is 14.7. The number of aromatic nitrogens is 7. The van der Waals surface area contributed by atoms with E-state index in [4.69, 9.17) is 15.7 Å². The molecule has 188 valence electrons. The number of benzene rings is 2. The molecule has 1 aliphatic rings. The number of rotatable bonds is 4. The van der Waals surface area contributed by atoms with Crippen LogP contribution in [0, 0.1) is 0 Å². The van der Waals surface area contributed by atoms with Gasteiger partial charge in [0.2, 0.25) is 0 Å². The van der Waals surface area contributed by atoms with Crippen molar-refractivity contribution in [2.45, 2.75) is 24.8 Å². The Bertz CT molecular complexity index is 1970. The van der Waals surface area contributed by atoms with Crippen molar-refractivity contribution in [1.29, 1.82) is 0 Å². The Morgan fingerprint density at radius 2 is 1.69 bits per heavy atom. The van der Waals surface area contributed by atoms with Gasteiger partial charge in [-0.2, -0.15) is 0 Å². The van der Waals surface area contributed by atoms with Gasteiger partial charge in [0.25, 0.3) is 0 Å². The topological polar surface area (TPSA) is 99.3 Å². The molecule has 0 unspecified atom stereocenters. The van der Waals surface area contributed by atoms with Crippen LogP contribution in [-0.2, 0) is 5.54 Å². The number of pyridine rings is 2. The zero-order valence-electron chi connectivity index (χ0n) is 21.1. The Morgan fingerprint density at radius 3 is 2.46 bits per heavy atom. The van der Waals surface area contributed by atoms with Crippen molar-refractivity contribution in [1.82, 2.24) is 34.0 Å². The molecule has 0 aliphatic heterocycles. The first kappa shape index (κ1) is 22.1. The second kappa shape index (κ2) is 8.28. The second-order valence-electron chi connectivity index (χ2n) is 10.3. The highest BCUT2D eigenvalue weighted by Crippen LogP contribution is 2.40. The van der Waals surface area contributed by atoms with E-state index in [9.17, 15) is 0 Å². The van der Waals surface area contributed by atoms with Gasteiger partial charge in [0.15, 0.2) is 17.1 Å². The van der Waals surface area contributed by atoms with E-state index in [1.807, 2.05) is 39.5 Å². The van der Waals surface area contributed by atoms with Crippen LogP contribution in [-0.4, -0.2) is 34.0 Å². The highest BCUT2D eigenvalue weighted by Gasteiger charge is 2.34. The average Bonchev–Trinajstić information content (AvgIpc) is 3.60. The zero-order chi connectivity index (χ0) is 26.0. The maximum Gasteiger partial charge on any atom is 0.188 e. The monoisotopic (exact) mass is 508 g/mol. The predicted octanol–water partition coefficient (Wildman–Crippen LogP) is 5.66. The summed E-state index contributed by atoms with van der Waals surface area (Å²) in [5.74, 6) is 0.670. The molecule has 1 saturated carbocycles. The van der Waals surface area contributed by atoms with Crippen molar-refractivity contribution in [3.63, 3.8) is 0 Å². The van der Waals surface area contributed by atoms with E-state index < -0.39 is 0 Å². The Labute approximate surface area is 223 Å². The molecule has 7 aromatic rings. The van der Waals surface area contributed by atoms with Gasteiger partial charge in [0.05, 0.1) is 17.4 Å². The minimum absolute atomic E-state index is 0.188. The van der Waals surface area contributed by atoms with Crippen molar-refractivity contribution in [3.8, 4) is 33.9 Å². The van der Waals surface area contributed by atoms with E-state index in [0.717, 1.165) is 63.1 Å². The Morgan fingerprint density at radius 1 is 0.846 bits per heavy atom. The maximum absolute atomic E-state index is 6.59. The molecular weight excluding hydrogens is 484 g/mol. The molecule has 0 atom stereocenters. The quantitative estimate of drug-likeness (QED) is 0.329. The largest absolute Gasteiger partial charge is 0.321 e. The molecule has 8 nitrogen and oxygen atoms in total. The molecular formula is C31H24N8. The number of hydrogen-bond donors (Lipinski definition) is 1. The molecule has 39 heavy (non-hydrogen) atoms. The van der Waals surface area contributed by atoms with E-state index >= 15 is 0 Å². The van der Waals surface area contributed by atoms with Crippen molar-refractivity contribution in [2.24, 2.45) is 5.73 Å². The molecule has 8 heteroatoms. The van der Waals surface area contributed by atoms with E-state index in [1.54, 1.807) is 12.4 Å². The van der Waals surface area contributed by atoms with E-state index in [-0.39, 0.29) is 5.54 Å². The summed E-state index contributed by atoms with van der Waals surface area (Å²) in [4.78, 5) is 14.0. The fraction of sp³-hybridized carbons (Fsp3) is 0.129. The first-order chi connectivity index (χ1) is 19.2. The first-order valence-electron chi connectivity index (χ1n) is 13.1. The van der Waals surface area contributed by atoms with E-state index in [1.165, 1.54) is 12.0 Å². The van der Waals surface area contributed by atoms with Gasteiger partial charge in [-0.05, 0) is 42.5 Å². The highest BCUT2D eigenvalue weighted by molar-refractivity contribution is 5.98. The predicted molar refractivity (Wildman–Crippen MR) is 151 cm³/mol. The Hall–Kier alpha value is -4.95. The van der Waals surface area contributed by atoms with Crippen LogP contribution < -0.4 is 5.73 Å². The van der Waals surface area contributed by atoms with Crippen LogP contribution in [0.4, 0.5) is 0 Å². The van der Waals surface area contributed by atoms with Crippen LogP contribution in [0.1, 0.15) is 24.8 Å². The van der Waals surface area contributed by atoms with E-state index in [0.29, 0.717) is 5.82 Å². The summed E-state index contributed by atoms with van der Waals surface area (Å²) in [5, 5.41) is 10.0. The van der Waals surface area contributed by atoms with Gasteiger partial charge in [-0.3, -0.25) is 9.38 Å². The summed E-state index contributed by atoms with van der Waals surface area (Å²) in [6, 6.07) is 23.2. The van der Waals surface area contributed by atoms with Gasteiger partial charge in [-0.25, -0.2) is 9.97 Å². The lowest BCUT2D eigenvalue weighted by molar-refractivity contribution is 0.253. The second-order valence-corrected chi connectivity index (χ2v) is 10.3. The molecule has 5 heterocycles. The lowest BCUT2D eigenvalue weighted by atomic mass is 9.72. The number of hydrogen-bond acceptors (Lipinski definition) is 6. The third kappa shape index (κ3) is 3.45. The molecule has 1 aliphatic carbocycles. The molecule has 0 saturated heterocycles. The summed E-state index contributed by atoms with van der Waals surface area (Å²) >= 11 is 0. The van der Waals surface area contributed by atoms with Crippen LogP contribution in [0.3, 0.4) is 0 Å². The third-order valence-corrected chi connectivity index (χ3v) is 7.93. The van der Waals surface area contributed by atoms with Gasteiger partial charge in [0.1, 0.15) is 5.69 Å². The van der Waals surface area contributed by atoms with Crippen molar-refractivity contribution in [3.05, 3.63) is 103 Å². The number of fused-ring (bicyclic) bond motifs is 4. The van der Waals surface area contributed by atoms with Crippen molar-refractivity contribution < 1.29 is 0 Å². The standard InChI is InChI=1S/C31H24N8/c32-31(12-4-13-31)22-9-7-21(8-10-22)28-23(20-5-2-1-3-6-20)17-24-25(35-28)11-15-39-29(24)36-37-30(39)26-19-38-16-14-33-18-27(38)34-26/h1-3,5-11,14-19H,4,12-13,32H2. The average molecular weight is 509 g/mol. The van der Waals surface area contributed by atoms with Gasteiger partial charge in [-0.1, -0.05) is 54.6 Å². The summed E-state index contributed by atoms with van der Waals surface area (Å²) in [7, 11) is 0. The summed E-state index contributed by atoms with van der Waals surface area (Å²) in [6.45, 7) is 0. The smallest absolute Gasteiger partial charge is 0.188 e. The molecule has 0 bridgehead atoms. The highest BCUT2D eigenvalue weighted by atomic mass is 15.3. The molecule has 0 radical (unpaired) electrons. The lowest BCUT2D eigenvalue weighted by Gasteiger charge is -2.38. The molecule has 8 rings (SSSR count). The van der Waals surface area contributed by atoms with E-state index in [2.05, 4.69) is 69.8 Å². The van der Waals surface area contributed by atoms with Crippen LogP contribution >= 0.6 is 0 Å². The zero-order valence-corrected chi connectivity index (χ0v) is 21.1. The fourth-order valence-electron chi connectivity index (χ4n) is 5.58. The molecule has 1 fully saturated rings. The summed E-state index contributed by atoms with van der Waals surface area (Å²) in [6.07, 6.45) is 12.5. The molecule has 2 aromatic carbocycles. The van der Waals surface area contributed by atoms with Gasteiger partial charge in [0, 0.05) is 46.8 Å². The van der Waals surface area contributed by atoms with Crippen LogP contribution in [0.2, 0.25) is 0 Å². The maximum atomic E-state index is 6.59. The summed E-state index contributed by atoms with van der Waals surface area (Å²) in [5.41, 5.74) is 14.8. The number of nitrogens with zero attached hydrogens (tertiary/aromatic N) is 7. The SMILES string of the molecule is NC1(c2ccc(-c3nc4ccn5c(-c6cn7ccncc7n6)nnc5c4cc3-c3ccccc3)cc2)CCC1. The fourth-order valence-corrected chi connectivity index (χ4v) is 5.58. The van der Waals surface area contributed by atoms with Gasteiger partial charge in [-0.15, -0.1) is 10.2 Å². The Balaban J connectivity index is 1.31. The van der Waals surface area contributed by atoms with Crippen LogP contribution in [0.5, 0.6) is 0 Å². The molecule has 0 amide bonds. The third-order valence-electron chi connectivity index (χ3n) is 7.93. The van der Waals surface area contributed by atoms with Crippen LogP contribution in [0.25, 0.3) is 56.1 Å². The molecule has 5 aromatic heterocycles. The minimum Gasteiger partial charge on any atom is -0.321 e. The molecule has 0 spiro atoms. The van der Waals surface area contributed by atoms with Gasteiger partial charge < -0.3 is 10.1 Å². The first-order valence-corrected chi connectivity index (χ1v) is 13.1. The number of imidazole rings is 1. The van der Waals surface area contributed by atoms with Crippen LogP contribution in [0.15, 0.2) is 97.7 Å². The number of nitrogens with two attached hydrogens (primary N) is 1. The van der Waals surface area contributed by atoms with Gasteiger partial charge >= 0.3 is 0 Å².